The zero-order valence-corrected chi connectivity index (χ0v) is 11.5. The molecule has 20 heavy (non-hydrogen) atoms. The minimum atomic E-state index is -1.11. The van der Waals surface area contributed by atoms with Crippen molar-refractivity contribution in [1.82, 2.24) is 5.32 Å². The first-order valence-electron chi connectivity index (χ1n) is 6.86. The van der Waals surface area contributed by atoms with Gasteiger partial charge in [0.25, 0.3) is 5.91 Å². The molecule has 0 saturated heterocycles. The summed E-state index contributed by atoms with van der Waals surface area (Å²) in [6, 6.07) is 6.77. The van der Waals surface area contributed by atoms with Crippen molar-refractivity contribution >= 4 is 11.9 Å². The van der Waals surface area contributed by atoms with E-state index in [2.05, 4.69) is 5.32 Å². The molecule has 0 aromatic heterocycles. The van der Waals surface area contributed by atoms with E-state index in [9.17, 15) is 14.7 Å². The molecule has 0 atom stereocenters. The summed E-state index contributed by atoms with van der Waals surface area (Å²) in [5, 5.41) is 12.0. The van der Waals surface area contributed by atoms with Crippen LogP contribution in [0, 0.1) is 0 Å². The molecule has 0 bridgehead atoms. The van der Waals surface area contributed by atoms with E-state index in [1.807, 2.05) is 6.92 Å². The first-order valence-corrected chi connectivity index (χ1v) is 6.86. The first kappa shape index (κ1) is 14.4. The number of amides is 1. The van der Waals surface area contributed by atoms with Crippen molar-refractivity contribution in [2.75, 3.05) is 6.61 Å². The van der Waals surface area contributed by atoms with Crippen molar-refractivity contribution < 1.29 is 19.4 Å². The molecule has 0 aliphatic heterocycles. The molecule has 1 saturated carbocycles. The molecule has 1 aliphatic rings. The molecule has 0 radical (unpaired) electrons. The van der Waals surface area contributed by atoms with Gasteiger partial charge in [0.05, 0.1) is 6.61 Å². The summed E-state index contributed by atoms with van der Waals surface area (Å²) >= 11 is 0. The number of hydrogen-bond acceptors (Lipinski definition) is 3. The van der Waals surface area contributed by atoms with Crippen molar-refractivity contribution in [3.63, 3.8) is 0 Å². The fraction of sp³-hybridized carbons (Fsp3) is 0.467. The number of ether oxygens (including phenoxy) is 1. The Morgan fingerprint density at radius 1 is 1.35 bits per heavy atom. The second kappa shape index (κ2) is 5.94. The lowest BCUT2D eigenvalue weighted by Gasteiger charge is -2.25. The van der Waals surface area contributed by atoms with E-state index in [1.165, 1.54) is 0 Å². The second-order valence-corrected chi connectivity index (χ2v) is 5.01. The summed E-state index contributed by atoms with van der Waals surface area (Å²) in [7, 11) is 0. The Balaban J connectivity index is 2.15. The fourth-order valence-electron chi connectivity index (χ4n) is 2.55. The first-order chi connectivity index (χ1) is 9.57. The van der Waals surface area contributed by atoms with Crippen LogP contribution in [0.1, 0.15) is 43.0 Å². The van der Waals surface area contributed by atoms with Crippen LogP contribution in [0.2, 0.25) is 0 Å². The van der Waals surface area contributed by atoms with E-state index in [0.29, 0.717) is 30.8 Å². The van der Waals surface area contributed by atoms with Crippen LogP contribution in [-0.4, -0.2) is 29.1 Å². The zero-order valence-electron chi connectivity index (χ0n) is 11.5. The highest BCUT2D eigenvalue weighted by Gasteiger charge is 2.42. The third-order valence-electron chi connectivity index (χ3n) is 3.63. The Morgan fingerprint density at radius 3 is 2.65 bits per heavy atom. The lowest BCUT2D eigenvalue weighted by Crippen LogP contribution is -2.52. The number of carbonyl (C=O) groups excluding carboxylic acids is 1. The number of nitrogens with one attached hydrogen (secondary N) is 1. The average molecular weight is 277 g/mol. The molecule has 1 fully saturated rings. The van der Waals surface area contributed by atoms with Crippen molar-refractivity contribution in [3.8, 4) is 5.75 Å². The van der Waals surface area contributed by atoms with Crippen molar-refractivity contribution in [2.24, 2.45) is 0 Å². The molecule has 5 nitrogen and oxygen atoms in total. The van der Waals surface area contributed by atoms with Gasteiger partial charge < -0.3 is 15.2 Å². The van der Waals surface area contributed by atoms with Crippen molar-refractivity contribution in [1.29, 1.82) is 0 Å². The number of aliphatic carboxylic acids is 1. The second-order valence-electron chi connectivity index (χ2n) is 5.01. The van der Waals surface area contributed by atoms with E-state index >= 15 is 0 Å². The van der Waals surface area contributed by atoms with Gasteiger partial charge in [-0.25, -0.2) is 4.79 Å². The normalized spacial score (nSPS) is 16.6. The Labute approximate surface area is 117 Å². The third-order valence-corrected chi connectivity index (χ3v) is 3.63. The monoisotopic (exact) mass is 277 g/mol. The van der Waals surface area contributed by atoms with Gasteiger partial charge in [-0.2, -0.15) is 0 Å². The topological polar surface area (TPSA) is 75.6 Å². The maximum Gasteiger partial charge on any atom is 0.329 e. The molecular weight excluding hydrogens is 258 g/mol. The summed E-state index contributed by atoms with van der Waals surface area (Å²) in [6.45, 7) is 2.38. The van der Waals surface area contributed by atoms with Gasteiger partial charge in [-0.15, -0.1) is 0 Å². The highest BCUT2D eigenvalue weighted by Crippen LogP contribution is 2.30. The van der Waals surface area contributed by atoms with Gasteiger partial charge in [0.2, 0.25) is 0 Å². The molecule has 1 aromatic carbocycles. The van der Waals surface area contributed by atoms with Crippen LogP contribution in [0.3, 0.4) is 0 Å². The molecule has 2 rings (SSSR count). The van der Waals surface area contributed by atoms with Gasteiger partial charge in [0.15, 0.2) is 0 Å². The lowest BCUT2D eigenvalue weighted by atomic mass is 9.97. The largest absolute Gasteiger partial charge is 0.494 e. The van der Waals surface area contributed by atoms with Crippen LogP contribution in [0.25, 0.3) is 0 Å². The Hall–Kier alpha value is -2.04. The van der Waals surface area contributed by atoms with E-state index in [0.717, 1.165) is 12.8 Å². The number of benzene rings is 1. The minimum Gasteiger partial charge on any atom is -0.494 e. The van der Waals surface area contributed by atoms with E-state index in [1.54, 1.807) is 24.3 Å². The van der Waals surface area contributed by atoms with Gasteiger partial charge >= 0.3 is 5.97 Å². The summed E-state index contributed by atoms with van der Waals surface area (Å²) < 4.78 is 5.34. The number of carbonyl (C=O) groups is 2. The van der Waals surface area contributed by atoms with E-state index < -0.39 is 11.5 Å². The van der Waals surface area contributed by atoms with Crippen LogP contribution in [-0.2, 0) is 4.79 Å². The molecule has 1 aliphatic carbocycles. The SMILES string of the molecule is CCOc1cccc(C(=O)NC2(C(=O)O)CCCC2)c1. The van der Waals surface area contributed by atoms with Gasteiger partial charge in [-0.05, 0) is 38.0 Å². The molecule has 1 amide bonds. The van der Waals surface area contributed by atoms with Gasteiger partial charge in [0.1, 0.15) is 11.3 Å². The van der Waals surface area contributed by atoms with Gasteiger partial charge in [-0.1, -0.05) is 18.9 Å². The Kier molecular flexibility index (Phi) is 4.27. The predicted octanol–water partition coefficient (Wildman–Crippen LogP) is 2.21. The number of rotatable bonds is 5. The molecule has 108 valence electrons. The van der Waals surface area contributed by atoms with Crippen LogP contribution in [0.15, 0.2) is 24.3 Å². The molecule has 1 aromatic rings. The van der Waals surface area contributed by atoms with Gasteiger partial charge in [-0.3, -0.25) is 4.79 Å². The molecular formula is C15H19NO4. The van der Waals surface area contributed by atoms with Crippen LogP contribution in [0.5, 0.6) is 5.75 Å². The fourth-order valence-corrected chi connectivity index (χ4v) is 2.55. The molecule has 5 heteroatoms. The zero-order chi connectivity index (χ0) is 14.6. The minimum absolute atomic E-state index is 0.365. The standard InChI is InChI=1S/C15H19NO4/c1-2-20-12-7-5-6-11(10-12)13(17)16-15(14(18)19)8-3-4-9-15/h5-7,10H,2-4,8-9H2,1H3,(H,16,17)(H,18,19). The van der Waals surface area contributed by atoms with Gasteiger partial charge in [0, 0.05) is 5.56 Å². The third kappa shape index (κ3) is 2.92. The lowest BCUT2D eigenvalue weighted by molar-refractivity contribution is -0.144. The van der Waals surface area contributed by atoms with Crippen molar-refractivity contribution in [2.45, 2.75) is 38.1 Å². The maximum absolute atomic E-state index is 12.2. The molecule has 0 heterocycles. The van der Waals surface area contributed by atoms with E-state index in [-0.39, 0.29) is 5.91 Å². The average Bonchev–Trinajstić information content (AvgIpc) is 2.89. The van der Waals surface area contributed by atoms with Crippen molar-refractivity contribution in [3.05, 3.63) is 29.8 Å². The summed E-state index contributed by atoms with van der Waals surface area (Å²) in [5.74, 6) is -0.712. The molecule has 2 N–H and O–H groups in total. The highest BCUT2D eigenvalue weighted by atomic mass is 16.5. The van der Waals surface area contributed by atoms with E-state index in [4.69, 9.17) is 4.74 Å². The molecule has 0 unspecified atom stereocenters. The predicted molar refractivity (Wildman–Crippen MR) is 73.9 cm³/mol. The smallest absolute Gasteiger partial charge is 0.329 e. The Bertz CT molecular complexity index is 506. The van der Waals surface area contributed by atoms with Crippen LogP contribution >= 0.6 is 0 Å². The number of hydrogen-bond donors (Lipinski definition) is 2. The quantitative estimate of drug-likeness (QED) is 0.865. The number of carboxylic acids is 1. The maximum atomic E-state index is 12.2. The number of carboxylic acid groups (broad SMARTS) is 1. The molecule has 0 spiro atoms. The highest BCUT2D eigenvalue weighted by molar-refractivity contribution is 5.98. The Morgan fingerprint density at radius 2 is 2.05 bits per heavy atom. The van der Waals surface area contributed by atoms with Crippen LogP contribution < -0.4 is 10.1 Å². The summed E-state index contributed by atoms with van der Waals surface area (Å²) in [4.78, 5) is 23.7. The summed E-state index contributed by atoms with van der Waals surface area (Å²) in [5.41, 5.74) is -0.693. The van der Waals surface area contributed by atoms with Crippen LogP contribution in [0.4, 0.5) is 0 Å². The summed E-state index contributed by atoms with van der Waals surface area (Å²) in [6.07, 6.45) is 2.62.